The maximum absolute atomic E-state index is 13.0. The number of aromatic nitrogens is 3. The van der Waals surface area contributed by atoms with Gasteiger partial charge in [0.25, 0.3) is 5.91 Å². The highest BCUT2D eigenvalue weighted by Gasteiger charge is 2.34. The fourth-order valence-electron chi connectivity index (χ4n) is 3.48. The molecule has 140 valence electrons. The number of nitrogens with zero attached hydrogens (tertiary/aromatic N) is 4. The Kier molecular flexibility index (Phi) is 4.54. The fraction of sp³-hybridized carbons (Fsp3) is 0.611. The predicted molar refractivity (Wildman–Crippen MR) is 91.2 cm³/mol. The zero-order valence-corrected chi connectivity index (χ0v) is 15.1. The van der Waals surface area contributed by atoms with Crippen molar-refractivity contribution in [2.24, 2.45) is 5.92 Å². The lowest BCUT2D eigenvalue weighted by Gasteiger charge is -2.19. The van der Waals surface area contributed by atoms with Crippen molar-refractivity contribution in [1.82, 2.24) is 19.8 Å². The monoisotopic (exact) mass is 360 g/mol. The van der Waals surface area contributed by atoms with Crippen LogP contribution in [0.4, 0.5) is 0 Å². The van der Waals surface area contributed by atoms with E-state index in [-0.39, 0.29) is 5.91 Å². The summed E-state index contributed by atoms with van der Waals surface area (Å²) in [6.45, 7) is 3.88. The third-order valence-corrected chi connectivity index (χ3v) is 5.17. The first-order chi connectivity index (χ1) is 12.6. The van der Waals surface area contributed by atoms with Crippen molar-refractivity contribution in [2.45, 2.75) is 52.0 Å². The molecule has 2 aromatic rings. The van der Waals surface area contributed by atoms with Crippen LogP contribution in [0.3, 0.4) is 0 Å². The molecule has 3 heterocycles. The van der Waals surface area contributed by atoms with Gasteiger partial charge in [-0.25, -0.2) is 0 Å². The summed E-state index contributed by atoms with van der Waals surface area (Å²) in [6, 6.07) is 1.93. The summed E-state index contributed by atoms with van der Waals surface area (Å²) in [6.07, 6.45) is 2.42. The minimum Gasteiger partial charge on any atom is -0.386 e. The van der Waals surface area contributed by atoms with Crippen molar-refractivity contribution in [3.63, 3.8) is 0 Å². The Labute approximate surface area is 151 Å². The van der Waals surface area contributed by atoms with E-state index in [9.17, 15) is 9.90 Å². The van der Waals surface area contributed by atoms with E-state index < -0.39 is 6.10 Å². The molecule has 2 aromatic heterocycles. The van der Waals surface area contributed by atoms with E-state index in [1.807, 2.05) is 10.7 Å². The lowest BCUT2D eigenvalue weighted by Crippen LogP contribution is -2.31. The van der Waals surface area contributed by atoms with Gasteiger partial charge in [0.2, 0.25) is 0 Å². The van der Waals surface area contributed by atoms with Crippen molar-refractivity contribution >= 4 is 5.91 Å². The summed E-state index contributed by atoms with van der Waals surface area (Å²) in [5, 5.41) is 18.9. The zero-order valence-electron chi connectivity index (χ0n) is 15.1. The average molecular weight is 360 g/mol. The number of fused-ring (bicyclic) bond motifs is 1. The Hall–Kier alpha value is -2.19. The van der Waals surface area contributed by atoms with Gasteiger partial charge in [0.1, 0.15) is 11.9 Å². The second-order valence-electron chi connectivity index (χ2n) is 7.15. The van der Waals surface area contributed by atoms with Crippen molar-refractivity contribution in [3.05, 3.63) is 34.5 Å². The molecule has 1 fully saturated rings. The lowest BCUT2D eigenvalue weighted by atomic mass is 10.1. The molecule has 1 aliphatic heterocycles. The molecule has 1 aliphatic carbocycles. The third kappa shape index (κ3) is 3.14. The SMILES string of the molecule is COCc1c(C(=O)N2CCCn3nc([C@H](O)C4CC4)cc3C2)noc1C. The maximum atomic E-state index is 13.0. The standard InChI is InChI=1S/C18H24N4O4/c1-11-14(10-25-2)16(20-26-11)18(24)21-6-3-7-22-13(9-21)8-15(19-22)17(23)12-4-5-12/h8,12,17,23H,3-7,9-10H2,1-2H3/t17-/m1/s1. The first-order valence-corrected chi connectivity index (χ1v) is 9.06. The summed E-state index contributed by atoms with van der Waals surface area (Å²) >= 11 is 0. The number of aryl methyl sites for hydroxylation is 2. The molecule has 0 unspecified atom stereocenters. The van der Waals surface area contributed by atoms with E-state index in [0.717, 1.165) is 31.5 Å². The number of ether oxygens (including phenoxy) is 1. The van der Waals surface area contributed by atoms with Gasteiger partial charge in [0, 0.05) is 20.2 Å². The molecule has 1 N–H and O–H groups in total. The molecule has 26 heavy (non-hydrogen) atoms. The van der Waals surface area contributed by atoms with Crippen LogP contribution in [0.5, 0.6) is 0 Å². The Balaban J connectivity index is 1.56. The molecule has 1 amide bonds. The second-order valence-corrected chi connectivity index (χ2v) is 7.15. The van der Waals surface area contributed by atoms with Gasteiger partial charge in [0.05, 0.1) is 30.1 Å². The van der Waals surface area contributed by atoms with Crippen molar-refractivity contribution in [1.29, 1.82) is 0 Å². The zero-order chi connectivity index (χ0) is 18.3. The van der Waals surface area contributed by atoms with Crippen molar-refractivity contribution < 1.29 is 19.2 Å². The quantitative estimate of drug-likeness (QED) is 0.874. The molecule has 0 spiro atoms. The minimum absolute atomic E-state index is 0.159. The van der Waals surface area contributed by atoms with Crippen LogP contribution >= 0.6 is 0 Å². The van der Waals surface area contributed by atoms with Crippen LogP contribution in [0.2, 0.25) is 0 Å². The van der Waals surface area contributed by atoms with Gasteiger partial charge >= 0.3 is 0 Å². The highest BCUT2D eigenvalue weighted by Crippen LogP contribution is 2.40. The molecule has 0 radical (unpaired) electrons. The van der Waals surface area contributed by atoms with Crippen LogP contribution < -0.4 is 0 Å². The number of aliphatic hydroxyl groups excluding tert-OH is 1. The molecule has 8 heteroatoms. The lowest BCUT2D eigenvalue weighted by molar-refractivity contribution is 0.0731. The molecule has 1 atom stereocenters. The van der Waals surface area contributed by atoms with Crippen LogP contribution in [0.1, 0.15) is 58.6 Å². The summed E-state index contributed by atoms with van der Waals surface area (Å²) in [4.78, 5) is 14.8. The van der Waals surface area contributed by atoms with E-state index in [0.29, 0.717) is 48.3 Å². The Bertz CT molecular complexity index is 808. The normalized spacial score (nSPS) is 18.5. The van der Waals surface area contributed by atoms with Gasteiger partial charge in [-0.1, -0.05) is 5.16 Å². The largest absolute Gasteiger partial charge is 0.386 e. The Morgan fingerprint density at radius 3 is 3.00 bits per heavy atom. The molecule has 1 saturated carbocycles. The van der Waals surface area contributed by atoms with Gasteiger partial charge < -0.3 is 19.3 Å². The van der Waals surface area contributed by atoms with Crippen LogP contribution in [-0.2, 0) is 24.4 Å². The summed E-state index contributed by atoms with van der Waals surface area (Å²) in [5.41, 5.74) is 2.67. The highest BCUT2D eigenvalue weighted by atomic mass is 16.5. The molecule has 8 nitrogen and oxygen atoms in total. The Morgan fingerprint density at radius 2 is 2.27 bits per heavy atom. The first kappa shape index (κ1) is 17.2. The van der Waals surface area contributed by atoms with Crippen LogP contribution in [-0.4, -0.2) is 44.5 Å². The van der Waals surface area contributed by atoms with Gasteiger partial charge in [-0.05, 0) is 38.2 Å². The highest BCUT2D eigenvalue weighted by molar-refractivity contribution is 5.93. The van der Waals surface area contributed by atoms with Gasteiger partial charge in [-0.2, -0.15) is 5.10 Å². The number of rotatable bonds is 5. The molecule has 4 rings (SSSR count). The molecule has 0 saturated heterocycles. The van der Waals surface area contributed by atoms with Crippen molar-refractivity contribution in [3.8, 4) is 0 Å². The molecular formula is C18H24N4O4. The van der Waals surface area contributed by atoms with E-state index in [1.54, 1.807) is 18.9 Å². The minimum atomic E-state index is -0.495. The van der Waals surface area contributed by atoms with E-state index in [2.05, 4.69) is 10.3 Å². The molecule has 0 bridgehead atoms. The summed E-state index contributed by atoms with van der Waals surface area (Å²) < 4.78 is 12.3. The van der Waals surface area contributed by atoms with Crippen molar-refractivity contribution in [2.75, 3.05) is 13.7 Å². The number of amides is 1. The summed E-state index contributed by atoms with van der Waals surface area (Å²) in [7, 11) is 1.58. The average Bonchev–Trinajstić information content (AvgIpc) is 3.36. The van der Waals surface area contributed by atoms with E-state index >= 15 is 0 Å². The second kappa shape index (κ2) is 6.85. The van der Waals surface area contributed by atoms with Crippen LogP contribution in [0, 0.1) is 12.8 Å². The third-order valence-electron chi connectivity index (χ3n) is 5.17. The maximum Gasteiger partial charge on any atom is 0.276 e. The first-order valence-electron chi connectivity index (χ1n) is 9.06. The van der Waals surface area contributed by atoms with Gasteiger partial charge in [-0.3, -0.25) is 9.48 Å². The number of carbonyl (C=O) groups excluding carboxylic acids is 1. The number of aliphatic hydroxyl groups is 1. The van der Waals surface area contributed by atoms with Crippen LogP contribution in [0.15, 0.2) is 10.6 Å². The number of carbonyl (C=O) groups is 1. The number of methoxy groups -OCH3 is 1. The fourth-order valence-corrected chi connectivity index (χ4v) is 3.48. The van der Waals surface area contributed by atoms with E-state index in [4.69, 9.17) is 9.26 Å². The molecule has 0 aromatic carbocycles. The summed E-state index contributed by atoms with van der Waals surface area (Å²) in [5.74, 6) is 0.777. The predicted octanol–water partition coefficient (Wildman–Crippen LogP) is 1.82. The Morgan fingerprint density at radius 1 is 1.46 bits per heavy atom. The smallest absolute Gasteiger partial charge is 0.276 e. The van der Waals surface area contributed by atoms with E-state index in [1.165, 1.54) is 0 Å². The van der Waals surface area contributed by atoms with Crippen LogP contribution in [0.25, 0.3) is 0 Å². The molecular weight excluding hydrogens is 336 g/mol. The number of hydrogen-bond donors (Lipinski definition) is 1. The molecule has 2 aliphatic rings. The topological polar surface area (TPSA) is 93.6 Å². The number of hydrogen-bond acceptors (Lipinski definition) is 6. The van der Waals surface area contributed by atoms with Gasteiger partial charge in [0.15, 0.2) is 5.69 Å². The van der Waals surface area contributed by atoms with Gasteiger partial charge in [-0.15, -0.1) is 0 Å².